The lowest BCUT2D eigenvalue weighted by atomic mass is 10.1. The molecule has 0 aliphatic rings. The third kappa shape index (κ3) is 3.72. The van der Waals surface area contributed by atoms with E-state index in [0.717, 1.165) is 71.0 Å². The maximum Gasteiger partial charge on any atom is 0.171 e. The average molecular weight is 634 g/mol. The Morgan fingerprint density at radius 1 is 0.438 bits per heavy atom. The molecule has 3 heterocycles. The zero-order valence-corrected chi connectivity index (χ0v) is 26.8. The molecule has 3 aromatic heterocycles. The lowest BCUT2D eigenvalue weighted by molar-refractivity contribution is 0.592. The van der Waals surface area contributed by atoms with Gasteiger partial charge in [0.05, 0.1) is 22.1 Å². The van der Waals surface area contributed by atoms with Crippen molar-refractivity contribution in [1.29, 1.82) is 0 Å². The fourth-order valence-electron chi connectivity index (χ4n) is 7.64. The zero-order valence-electron chi connectivity index (χ0n) is 25.9. The average Bonchev–Trinajstić information content (AvgIpc) is 3.72. The van der Waals surface area contributed by atoms with E-state index in [9.17, 15) is 0 Å². The van der Waals surface area contributed by atoms with Crippen LogP contribution in [0.5, 0.6) is 0 Å². The Labute approximate surface area is 276 Å². The minimum Gasteiger partial charge on any atom is -0.309 e. The molecular formula is C43H28N3OP. The first-order valence-corrected chi connectivity index (χ1v) is 17.9. The van der Waals surface area contributed by atoms with Crippen LogP contribution in [-0.2, 0) is 4.57 Å². The standard InChI is InChI=1S/C43H28N3OP/c47-48(30-15-3-1-4-16-30,31-17-5-2-6-18-31)32-19-13-14-29(28-32)45-38-24-11-10-22-35(38)36-26-27-40-41(42(36)45)44-43-37-23-8-7-20-33(37)34-21-9-12-25-39(34)46(40)43/h1-28H. The maximum absolute atomic E-state index is 15.4. The summed E-state index contributed by atoms with van der Waals surface area (Å²) in [5.41, 5.74) is 7.13. The van der Waals surface area contributed by atoms with Crippen molar-refractivity contribution in [3.05, 3.63) is 170 Å². The summed E-state index contributed by atoms with van der Waals surface area (Å²) in [4.78, 5) is 5.46. The second kappa shape index (κ2) is 10.3. The molecule has 226 valence electrons. The van der Waals surface area contributed by atoms with Gasteiger partial charge in [-0.15, -0.1) is 0 Å². The van der Waals surface area contributed by atoms with Gasteiger partial charge in [0, 0.05) is 43.1 Å². The van der Waals surface area contributed by atoms with E-state index in [2.05, 4.69) is 106 Å². The molecule has 10 rings (SSSR count). The first-order chi connectivity index (χ1) is 23.7. The number of fused-ring (bicyclic) bond motifs is 12. The minimum absolute atomic E-state index is 0.794. The zero-order chi connectivity index (χ0) is 31.8. The highest BCUT2D eigenvalue weighted by molar-refractivity contribution is 7.85. The molecule has 0 unspecified atom stereocenters. The first-order valence-electron chi connectivity index (χ1n) is 16.2. The number of aromatic nitrogens is 3. The van der Waals surface area contributed by atoms with Crippen LogP contribution in [0.3, 0.4) is 0 Å². The van der Waals surface area contributed by atoms with Gasteiger partial charge in [-0.05, 0) is 41.8 Å². The van der Waals surface area contributed by atoms with Crippen molar-refractivity contribution in [1.82, 2.24) is 14.0 Å². The quantitative estimate of drug-likeness (QED) is 0.143. The van der Waals surface area contributed by atoms with E-state index in [-0.39, 0.29) is 0 Å². The van der Waals surface area contributed by atoms with Crippen molar-refractivity contribution in [2.45, 2.75) is 0 Å². The predicted molar refractivity (Wildman–Crippen MR) is 201 cm³/mol. The van der Waals surface area contributed by atoms with Crippen molar-refractivity contribution in [3.8, 4) is 5.69 Å². The topological polar surface area (TPSA) is 39.3 Å². The summed E-state index contributed by atoms with van der Waals surface area (Å²) in [6.07, 6.45) is 0. The van der Waals surface area contributed by atoms with Gasteiger partial charge in [0.1, 0.15) is 11.2 Å². The SMILES string of the molecule is O=P(c1ccccc1)(c1ccccc1)c1cccc(-n2c3ccccc3c3ccc4c(nc5c6ccccc6c6ccccc6n45)c32)c1. The third-order valence-corrected chi connectivity index (χ3v) is 12.8. The van der Waals surface area contributed by atoms with Gasteiger partial charge in [0.15, 0.2) is 7.14 Å². The highest BCUT2D eigenvalue weighted by atomic mass is 31.2. The van der Waals surface area contributed by atoms with E-state index in [0.29, 0.717) is 0 Å². The molecule has 0 amide bonds. The van der Waals surface area contributed by atoms with E-state index in [1.165, 1.54) is 10.8 Å². The monoisotopic (exact) mass is 633 g/mol. The molecule has 0 saturated heterocycles. The van der Waals surface area contributed by atoms with Crippen LogP contribution in [-0.4, -0.2) is 14.0 Å². The summed E-state index contributed by atoms with van der Waals surface area (Å²) in [6, 6.07) is 58.1. The Hall–Kier alpha value is -5.96. The van der Waals surface area contributed by atoms with Gasteiger partial charge in [-0.25, -0.2) is 4.98 Å². The molecule has 0 spiro atoms. The number of pyridine rings is 1. The lowest BCUT2D eigenvalue weighted by Crippen LogP contribution is -2.25. The van der Waals surface area contributed by atoms with Gasteiger partial charge in [-0.2, -0.15) is 0 Å². The van der Waals surface area contributed by atoms with Crippen LogP contribution in [0.1, 0.15) is 0 Å². The van der Waals surface area contributed by atoms with Gasteiger partial charge in [0.2, 0.25) is 0 Å². The van der Waals surface area contributed by atoms with Gasteiger partial charge in [-0.3, -0.25) is 4.40 Å². The molecule has 5 heteroatoms. The van der Waals surface area contributed by atoms with Crippen LogP contribution in [0.4, 0.5) is 0 Å². The molecular weight excluding hydrogens is 605 g/mol. The Balaban J connectivity index is 1.33. The van der Waals surface area contributed by atoms with Crippen molar-refractivity contribution in [2.75, 3.05) is 0 Å². The molecule has 0 fully saturated rings. The second-order valence-corrected chi connectivity index (χ2v) is 15.1. The number of para-hydroxylation sites is 2. The predicted octanol–water partition coefficient (Wildman–Crippen LogP) is 9.53. The molecule has 0 aliphatic carbocycles. The molecule has 0 saturated carbocycles. The molecule has 0 N–H and O–H groups in total. The maximum atomic E-state index is 15.4. The minimum atomic E-state index is -3.19. The summed E-state index contributed by atoms with van der Waals surface area (Å²) < 4.78 is 20.0. The van der Waals surface area contributed by atoms with Crippen LogP contribution in [0.15, 0.2) is 170 Å². The molecule has 0 bridgehead atoms. The molecule has 0 aliphatic heterocycles. The molecule has 4 nitrogen and oxygen atoms in total. The number of rotatable bonds is 4. The molecule has 10 aromatic rings. The van der Waals surface area contributed by atoms with Crippen molar-refractivity contribution >= 4 is 83.2 Å². The van der Waals surface area contributed by atoms with Crippen molar-refractivity contribution in [2.24, 2.45) is 0 Å². The van der Waals surface area contributed by atoms with Gasteiger partial charge < -0.3 is 9.13 Å². The Morgan fingerprint density at radius 3 is 1.71 bits per heavy atom. The van der Waals surface area contributed by atoms with Gasteiger partial charge in [0.25, 0.3) is 0 Å². The largest absolute Gasteiger partial charge is 0.309 e. The van der Waals surface area contributed by atoms with Crippen molar-refractivity contribution in [3.63, 3.8) is 0 Å². The Bertz CT molecular complexity index is 2880. The summed E-state index contributed by atoms with van der Waals surface area (Å²) >= 11 is 0. The number of nitrogens with zero attached hydrogens (tertiary/aromatic N) is 3. The van der Waals surface area contributed by atoms with Crippen molar-refractivity contribution < 1.29 is 4.57 Å². The molecule has 0 radical (unpaired) electrons. The Kier molecular flexibility index (Phi) is 5.82. The lowest BCUT2D eigenvalue weighted by Gasteiger charge is -2.21. The van der Waals surface area contributed by atoms with Crippen LogP contribution in [0, 0.1) is 0 Å². The highest BCUT2D eigenvalue weighted by Gasteiger charge is 2.30. The number of hydrogen-bond acceptors (Lipinski definition) is 2. The van der Waals surface area contributed by atoms with Crippen LogP contribution >= 0.6 is 7.14 Å². The second-order valence-electron chi connectivity index (χ2n) is 12.3. The van der Waals surface area contributed by atoms with Crippen LogP contribution < -0.4 is 15.9 Å². The Morgan fingerprint density at radius 2 is 1.00 bits per heavy atom. The van der Waals surface area contributed by atoms with E-state index in [4.69, 9.17) is 4.98 Å². The smallest absolute Gasteiger partial charge is 0.171 e. The van der Waals surface area contributed by atoms with E-state index >= 15 is 4.57 Å². The molecule has 0 atom stereocenters. The number of hydrogen-bond donors (Lipinski definition) is 0. The molecule has 7 aromatic carbocycles. The number of benzene rings is 7. The van der Waals surface area contributed by atoms with E-state index in [1.54, 1.807) is 0 Å². The fraction of sp³-hybridized carbons (Fsp3) is 0. The summed E-state index contributed by atoms with van der Waals surface area (Å²) in [7, 11) is -3.19. The first kappa shape index (κ1) is 27.2. The molecule has 48 heavy (non-hydrogen) atoms. The van der Waals surface area contributed by atoms with Crippen LogP contribution in [0.25, 0.3) is 65.8 Å². The fourth-order valence-corrected chi connectivity index (χ4v) is 10.3. The summed E-state index contributed by atoms with van der Waals surface area (Å²) in [5.74, 6) is 0. The summed E-state index contributed by atoms with van der Waals surface area (Å²) in [6.45, 7) is 0. The van der Waals surface area contributed by atoms with Gasteiger partial charge >= 0.3 is 0 Å². The van der Waals surface area contributed by atoms with Gasteiger partial charge in [-0.1, -0.05) is 133 Å². The van der Waals surface area contributed by atoms with E-state index < -0.39 is 7.14 Å². The van der Waals surface area contributed by atoms with Crippen LogP contribution in [0.2, 0.25) is 0 Å². The third-order valence-electron chi connectivity index (χ3n) is 9.75. The normalized spacial score (nSPS) is 12.2. The highest BCUT2D eigenvalue weighted by Crippen LogP contribution is 2.44. The van der Waals surface area contributed by atoms with E-state index in [1.807, 2.05) is 72.8 Å². The number of imidazole rings is 1. The summed E-state index contributed by atoms with van der Waals surface area (Å²) in [5, 5.41) is 8.23.